The Bertz CT molecular complexity index is 540. The first-order chi connectivity index (χ1) is 8.75. The third kappa shape index (κ3) is 2.25. The molecule has 3 rings (SSSR count). The van der Waals surface area contributed by atoms with Crippen LogP contribution in [0.2, 0.25) is 0 Å². The molecule has 0 amide bonds. The number of nitrogens with zero attached hydrogens (tertiary/aromatic N) is 3. The van der Waals surface area contributed by atoms with Crippen molar-refractivity contribution in [3.63, 3.8) is 0 Å². The Labute approximate surface area is 107 Å². The SMILES string of the molecule is CC(C)n1c(CCNC2CC2)nc2cnccc21. The van der Waals surface area contributed by atoms with Crippen molar-refractivity contribution in [3.05, 3.63) is 24.3 Å². The van der Waals surface area contributed by atoms with Crippen LogP contribution in [0.1, 0.15) is 38.6 Å². The summed E-state index contributed by atoms with van der Waals surface area (Å²) in [5, 5.41) is 3.55. The summed E-state index contributed by atoms with van der Waals surface area (Å²) < 4.78 is 2.32. The molecule has 1 fully saturated rings. The predicted octanol–water partition coefficient (Wildman–Crippen LogP) is 2.31. The van der Waals surface area contributed by atoms with Gasteiger partial charge in [-0.15, -0.1) is 0 Å². The third-order valence-electron chi connectivity index (χ3n) is 3.44. The molecule has 96 valence electrons. The first-order valence-corrected chi connectivity index (χ1v) is 6.80. The summed E-state index contributed by atoms with van der Waals surface area (Å²) in [6.45, 7) is 5.44. The minimum absolute atomic E-state index is 0.438. The van der Waals surface area contributed by atoms with Gasteiger partial charge in [0.05, 0.1) is 11.7 Å². The summed E-state index contributed by atoms with van der Waals surface area (Å²) in [5.74, 6) is 1.17. The van der Waals surface area contributed by atoms with Gasteiger partial charge in [-0.3, -0.25) is 4.98 Å². The second-order valence-corrected chi connectivity index (χ2v) is 5.33. The third-order valence-corrected chi connectivity index (χ3v) is 3.44. The largest absolute Gasteiger partial charge is 0.325 e. The highest BCUT2D eigenvalue weighted by Gasteiger charge is 2.20. The normalized spacial score (nSPS) is 15.7. The molecule has 0 unspecified atom stereocenters. The fourth-order valence-corrected chi connectivity index (χ4v) is 2.43. The zero-order chi connectivity index (χ0) is 12.5. The average molecular weight is 244 g/mol. The van der Waals surface area contributed by atoms with Gasteiger partial charge in [-0.1, -0.05) is 0 Å². The maximum atomic E-state index is 4.71. The minimum Gasteiger partial charge on any atom is -0.325 e. The van der Waals surface area contributed by atoms with E-state index in [0.717, 1.165) is 24.5 Å². The van der Waals surface area contributed by atoms with Crippen LogP contribution >= 0.6 is 0 Å². The second kappa shape index (κ2) is 4.69. The summed E-state index contributed by atoms with van der Waals surface area (Å²) in [6.07, 6.45) is 7.36. The van der Waals surface area contributed by atoms with E-state index in [2.05, 4.69) is 34.8 Å². The highest BCUT2D eigenvalue weighted by molar-refractivity contribution is 5.74. The van der Waals surface area contributed by atoms with Crippen LogP contribution in [0.25, 0.3) is 11.0 Å². The molecule has 1 N–H and O–H groups in total. The lowest BCUT2D eigenvalue weighted by Crippen LogP contribution is -2.21. The second-order valence-electron chi connectivity index (χ2n) is 5.33. The summed E-state index contributed by atoms with van der Waals surface area (Å²) in [6, 6.07) is 3.26. The van der Waals surface area contributed by atoms with Crippen LogP contribution in [-0.2, 0) is 6.42 Å². The van der Waals surface area contributed by atoms with Crippen LogP contribution in [0.3, 0.4) is 0 Å². The van der Waals surface area contributed by atoms with Gasteiger partial charge in [0.2, 0.25) is 0 Å². The van der Waals surface area contributed by atoms with Gasteiger partial charge < -0.3 is 9.88 Å². The van der Waals surface area contributed by atoms with Gasteiger partial charge in [-0.25, -0.2) is 4.98 Å². The van der Waals surface area contributed by atoms with Crippen LogP contribution in [0, 0.1) is 0 Å². The number of imidazole rings is 1. The van der Waals surface area contributed by atoms with Crippen LogP contribution < -0.4 is 5.32 Å². The molecule has 0 saturated heterocycles. The molecule has 0 radical (unpaired) electrons. The quantitative estimate of drug-likeness (QED) is 0.877. The number of fused-ring (bicyclic) bond motifs is 1. The zero-order valence-corrected chi connectivity index (χ0v) is 11.1. The number of nitrogens with one attached hydrogen (secondary N) is 1. The van der Waals surface area contributed by atoms with Crippen molar-refractivity contribution >= 4 is 11.0 Å². The molecule has 2 heterocycles. The van der Waals surface area contributed by atoms with Crippen LogP contribution in [0.4, 0.5) is 0 Å². The van der Waals surface area contributed by atoms with E-state index in [1.54, 1.807) is 0 Å². The van der Waals surface area contributed by atoms with E-state index >= 15 is 0 Å². The van der Waals surface area contributed by atoms with Crippen LogP contribution in [0.5, 0.6) is 0 Å². The van der Waals surface area contributed by atoms with E-state index in [1.165, 1.54) is 24.2 Å². The van der Waals surface area contributed by atoms with Crippen LogP contribution in [0.15, 0.2) is 18.5 Å². The van der Waals surface area contributed by atoms with Gasteiger partial charge in [0.1, 0.15) is 11.3 Å². The number of pyridine rings is 1. The van der Waals surface area contributed by atoms with E-state index in [0.29, 0.717) is 6.04 Å². The smallest absolute Gasteiger partial charge is 0.111 e. The molecular weight excluding hydrogens is 224 g/mol. The fourth-order valence-electron chi connectivity index (χ4n) is 2.43. The predicted molar refractivity (Wildman–Crippen MR) is 72.6 cm³/mol. The first kappa shape index (κ1) is 11.7. The van der Waals surface area contributed by atoms with Gasteiger partial charge in [0, 0.05) is 31.2 Å². The van der Waals surface area contributed by atoms with Crippen LogP contribution in [-0.4, -0.2) is 27.1 Å². The zero-order valence-electron chi connectivity index (χ0n) is 11.1. The van der Waals surface area contributed by atoms with E-state index in [9.17, 15) is 0 Å². The lowest BCUT2D eigenvalue weighted by Gasteiger charge is -2.13. The Hall–Kier alpha value is -1.42. The molecule has 0 atom stereocenters. The molecule has 1 aliphatic carbocycles. The monoisotopic (exact) mass is 244 g/mol. The van der Waals surface area contributed by atoms with Gasteiger partial charge in [0.15, 0.2) is 0 Å². The molecule has 1 saturated carbocycles. The standard InChI is InChI=1S/C14H20N4/c1-10(2)18-13-5-7-15-9-12(13)17-14(18)6-8-16-11-3-4-11/h5,7,9-11,16H,3-4,6,8H2,1-2H3. The lowest BCUT2D eigenvalue weighted by molar-refractivity contribution is 0.568. The van der Waals surface area contributed by atoms with E-state index < -0.39 is 0 Å². The fraction of sp³-hybridized carbons (Fsp3) is 0.571. The topological polar surface area (TPSA) is 42.7 Å². The van der Waals surface area contributed by atoms with Crippen molar-refractivity contribution < 1.29 is 0 Å². The van der Waals surface area contributed by atoms with Crippen molar-refractivity contribution in [3.8, 4) is 0 Å². The van der Waals surface area contributed by atoms with Gasteiger partial charge >= 0.3 is 0 Å². The molecule has 0 spiro atoms. The highest BCUT2D eigenvalue weighted by atomic mass is 15.1. The summed E-state index contributed by atoms with van der Waals surface area (Å²) in [5.41, 5.74) is 2.20. The van der Waals surface area contributed by atoms with E-state index in [-0.39, 0.29) is 0 Å². The Kier molecular flexibility index (Phi) is 3.04. The maximum Gasteiger partial charge on any atom is 0.111 e. The van der Waals surface area contributed by atoms with Crippen molar-refractivity contribution in [2.24, 2.45) is 0 Å². The van der Waals surface area contributed by atoms with Crippen molar-refractivity contribution in [2.75, 3.05) is 6.54 Å². The number of aromatic nitrogens is 3. The molecule has 0 aliphatic heterocycles. The first-order valence-electron chi connectivity index (χ1n) is 6.80. The Morgan fingerprint density at radius 1 is 1.44 bits per heavy atom. The molecule has 18 heavy (non-hydrogen) atoms. The molecule has 1 aliphatic rings. The Balaban J connectivity index is 1.86. The molecule has 0 bridgehead atoms. The Morgan fingerprint density at radius 3 is 3.00 bits per heavy atom. The molecule has 4 heteroatoms. The van der Waals surface area contributed by atoms with Crippen molar-refractivity contribution in [2.45, 2.75) is 45.2 Å². The molecular formula is C14H20N4. The summed E-state index contributed by atoms with van der Waals surface area (Å²) >= 11 is 0. The van der Waals surface area contributed by atoms with Crippen molar-refractivity contribution in [1.82, 2.24) is 19.9 Å². The lowest BCUT2D eigenvalue weighted by atomic mass is 10.3. The molecule has 4 nitrogen and oxygen atoms in total. The number of rotatable bonds is 5. The minimum atomic E-state index is 0.438. The maximum absolute atomic E-state index is 4.71. The number of hydrogen-bond acceptors (Lipinski definition) is 3. The molecule has 2 aromatic rings. The average Bonchev–Trinajstić information content (AvgIpc) is 3.08. The Morgan fingerprint density at radius 2 is 2.28 bits per heavy atom. The van der Waals surface area contributed by atoms with Gasteiger partial charge in [-0.2, -0.15) is 0 Å². The van der Waals surface area contributed by atoms with Crippen molar-refractivity contribution in [1.29, 1.82) is 0 Å². The summed E-state index contributed by atoms with van der Waals surface area (Å²) in [4.78, 5) is 8.87. The van der Waals surface area contributed by atoms with E-state index in [4.69, 9.17) is 4.98 Å². The molecule has 2 aromatic heterocycles. The van der Waals surface area contributed by atoms with Gasteiger partial charge in [-0.05, 0) is 32.8 Å². The van der Waals surface area contributed by atoms with Gasteiger partial charge in [0.25, 0.3) is 0 Å². The number of hydrogen-bond donors (Lipinski definition) is 1. The highest BCUT2D eigenvalue weighted by Crippen LogP contribution is 2.21. The summed E-state index contributed by atoms with van der Waals surface area (Å²) in [7, 11) is 0. The van der Waals surface area contributed by atoms with E-state index in [1.807, 2.05) is 12.4 Å². The molecule has 0 aromatic carbocycles.